The number of hydrogen-bond acceptors (Lipinski definition) is 3. The second-order valence-electron chi connectivity index (χ2n) is 5.67. The second-order valence-corrected chi connectivity index (χ2v) is 6.10. The van der Waals surface area contributed by atoms with Gasteiger partial charge in [-0.1, -0.05) is 11.6 Å². The summed E-state index contributed by atoms with van der Waals surface area (Å²) in [4.78, 5) is 24.3. The number of halogens is 1. The normalized spacial score (nSPS) is 10.4. The van der Waals surface area contributed by atoms with Crippen LogP contribution in [0.5, 0.6) is 5.75 Å². The number of methoxy groups -OCH3 is 1. The average molecular weight is 492 g/mol. The first kappa shape index (κ1) is 21.6. The Labute approximate surface area is 214 Å². The van der Waals surface area contributed by atoms with Crippen LogP contribution in [0.2, 0.25) is 5.02 Å². The zero-order chi connectivity index (χ0) is 18.1. The monoisotopic (exact) mass is 491 g/mol. The van der Waals surface area contributed by atoms with Crippen LogP contribution in [0.15, 0.2) is 42.5 Å². The summed E-state index contributed by atoms with van der Waals surface area (Å²) in [6.07, 6.45) is -0.170. The molecule has 0 aliphatic heterocycles. The molecule has 1 heterocycles. The number of aromatic nitrogens is 1. The van der Waals surface area contributed by atoms with Gasteiger partial charge in [-0.25, -0.2) is 0 Å². The summed E-state index contributed by atoms with van der Waals surface area (Å²) < 4.78 is 6.77. The summed E-state index contributed by atoms with van der Waals surface area (Å²) in [7, 11) is 1.54. The number of carbonyl (C=O) groups is 2. The van der Waals surface area contributed by atoms with E-state index >= 15 is 0 Å². The number of ether oxygens (including phenoxy) is 1. The molecule has 0 amide bonds. The fourth-order valence-electron chi connectivity index (χ4n) is 2.95. The van der Waals surface area contributed by atoms with E-state index < -0.39 is 5.97 Å². The van der Waals surface area contributed by atoms with Crippen LogP contribution in [0.1, 0.15) is 21.6 Å². The number of carboxylic acids is 1. The van der Waals surface area contributed by atoms with Crippen molar-refractivity contribution in [3.05, 3.63) is 64.3 Å². The third-order valence-corrected chi connectivity index (χ3v) is 4.42. The first-order valence-electron chi connectivity index (χ1n) is 7.62. The molecule has 0 saturated carbocycles. The van der Waals surface area contributed by atoms with Crippen molar-refractivity contribution >= 4 is 103 Å². The SMILES string of the molecule is COc1ccc2c(c1)c(CC(=O)O)c(C)n2C(=O)c1ccc(Cl)cc1.[CsH]. The Morgan fingerprint density at radius 2 is 1.81 bits per heavy atom. The Morgan fingerprint density at radius 3 is 2.38 bits per heavy atom. The Balaban J connectivity index is 0.00000243. The van der Waals surface area contributed by atoms with Gasteiger partial charge in [0, 0.05) is 21.7 Å². The van der Waals surface area contributed by atoms with Gasteiger partial charge in [-0.2, -0.15) is 0 Å². The fourth-order valence-corrected chi connectivity index (χ4v) is 3.07. The number of nitrogens with zero attached hydrogens (tertiary/aromatic N) is 1. The average Bonchev–Trinajstić information content (AvgIpc) is 2.86. The molecule has 130 valence electrons. The molecule has 0 saturated heterocycles. The molecule has 0 fully saturated rings. The minimum atomic E-state index is -0.955. The van der Waals surface area contributed by atoms with E-state index in [1.54, 1.807) is 56.5 Å². The molecule has 7 heteroatoms. The molecule has 0 aliphatic rings. The van der Waals surface area contributed by atoms with Crippen LogP contribution in [-0.4, -0.2) is 97.6 Å². The van der Waals surface area contributed by atoms with Crippen LogP contribution in [0, 0.1) is 6.92 Å². The van der Waals surface area contributed by atoms with Gasteiger partial charge in [-0.3, -0.25) is 14.2 Å². The fraction of sp³-hybridized carbons (Fsp3) is 0.158. The summed E-state index contributed by atoms with van der Waals surface area (Å²) in [5.41, 5.74) is 2.32. The number of benzene rings is 2. The predicted molar refractivity (Wildman–Crippen MR) is 103 cm³/mol. The van der Waals surface area contributed by atoms with E-state index in [0.29, 0.717) is 38.5 Å². The zero-order valence-electron chi connectivity index (χ0n) is 13.7. The molecule has 0 spiro atoms. The molecule has 0 atom stereocenters. The van der Waals surface area contributed by atoms with E-state index in [1.165, 1.54) is 4.57 Å². The van der Waals surface area contributed by atoms with Crippen LogP contribution < -0.4 is 4.74 Å². The van der Waals surface area contributed by atoms with Crippen molar-refractivity contribution in [2.45, 2.75) is 13.3 Å². The van der Waals surface area contributed by atoms with Crippen molar-refractivity contribution < 1.29 is 19.4 Å². The molecule has 0 aliphatic carbocycles. The van der Waals surface area contributed by atoms with Gasteiger partial charge < -0.3 is 9.84 Å². The van der Waals surface area contributed by atoms with Gasteiger partial charge in [0.2, 0.25) is 0 Å². The zero-order valence-corrected chi connectivity index (χ0v) is 14.5. The molecule has 3 rings (SSSR count). The van der Waals surface area contributed by atoms with Crippen LogP contribution in [-0.2, 0) is 11.2 Å². The topological polar surface area (TPSA) is 68.5 Å². The molecule has 3 aromatic rings. The third kappa shape index (κ3) is 4.22. The summed E-state index contributed by atoms with van der Waals surface area (Å²) in [5.74, 6) is -0.583. The van der Waals surface area contributed by atoms with Gasteiger partial charge in [0.25, 0.3) is 5.91 Å². The van der Waals surface area contributed by atoms with Gasteiger partial charge in [0.1, 0.15) is 5.75 Å². The number of carboxylic acid groups (broad SMARTS) is 1. The van der Waals surface area contributed by atoms with Gasteiger partial charge in [0.05, 0.1) is 19.0 Å². The summed E-state index contributed by atoms with van der Waals surface area (Å²) in [6, 6.07) is 11.9. The third-order valence-electron chi connectivity index (χ3n) is 4.16. The summed E-state index contributed by atoms with van der Waals surface area (Å²) in [6.45, 7) is 1.75. The second kappa shape index (κ2) is 8.97. The van der Waals surface area contributed by atoms with Crippen molar-refractivity contribution in [3.63, 3.8) is 0 Å². The number of carbonyl (C=O) groups excluding carboxylic acids is 1. The van der Waals surface area contributed by atoms with Gasteiger partial charge >= 0.3 is 74.9 Å². The van der Waals surface area contributed by atoms with Crippen LogP contribution in [0.3, 0.4) is 0 Å². The van der Waals surface area contributed by atoms with E-state index in [2.05, 4.69) is 0 Å². The Hall–Kier alpha value is -0.738. The Kier molecular flexibility index (Phi) is 7.44. The maximum atomic E-state index is 13.0. The van der Waals surface area contributed by atoms with Crippen LogP contribution in [0.25, 0.3) is 10.9 Å². The van der Waals surface area contributed by atoms with Crippen molar-refractivity contribution in [2.24, 2.45) is 0 Å². The predicted octanol–water partition coefficient (Wildman–Crippen LogP) is 3.28. The van der Waals surface area contributed by atoms with Crippen molar-refractivity contribution in [2.75, 3.05) is 7.11 Å². The van der Waals surface area contributed by atoms with E-state index in [1.807, 2.05) is 0 Å². The molecule has 26 heavy (non-hydrogen) atoms. The Morgan fingerprint density at radius 1 is 1.15 bits per heavy atom. The van der Waals surface area contributed by atoms with Gasteiger partial charge in [0.15, 0.2) is 0 Å². The maximum absolute atomic E-state index is 13.0. The number of fused-ring (bicyclic) bond motifs is 1. The number of hydrogen-bond donors (Lipinski definition) is 1. The Bertz CT molecular complexity index is 979. The van der Waals surface area contributed by atoms with Crippen LogP contribution >= 0.6 is 11.6 Å². The number of rotatable bonds is 4. The molecule has 2 aromatic carbocycles. The standard InChI is InChI=1S/C19H16ClNO4.Cs.H/c1-11-15(10-18(22)23)16-9-14(25-2)7-8-17(16)21(11)19(24)12-3-5-13(20)6-4-12;;/h3-9H,10H2,1-2H3,(H,22,23);;. The van der Waals surface area contributed by atoms with E-state index in [0.717, 1.165) is 0 Å². The molecule has 0 bridgehead atoms. The van der Waals surface area contributed by atoms with Crippen molar-refractivity contribution in [1.29, 1.82) is 0 Å². The number of aliphatic carboxylic acids is 1. The van der Waals surface area contributed by atoms with Crippen LogP contribution in [0.4, 0.5) is 0 Å². The van der Waals surface area contributed by atoms with Gasteiger partial charge in [-0.05, 0) is 55.0 Å². The molecule has 1 N–H and O–H groups in total. The van der Waals surface area contributed by atoms with Crippen molar-refractivity contribution in [3.8, 4) is 5.75 Å². The van der Waals surface area contributed by atoms with Crippen molar-refractivity contribution in [1.82, 2.24) is 4.57 Å². The van der Waals surface area contributed by atoms with E-state index in [9.17, 15) is 14.7 Å². The summed E-state index contributed by atoms with van der Waals surface area (Å²) in [5, 5.41) is 10.5. The molecule has 0 radical (unpaired) electrons. The molecular formula is C19H17ClCsNO4. The molecule has 5 nitrogen and oxygen atoms in total. The van der Waals surface area contributed by atoms with Gasteiger partial charge in [-0.15, -0.1) is 0 Å². The first-order chi connectivity index (χ1) is 11.9. The first-order valence-corrected chi connectivity index (χ1v) is 8.00. The molecule has 1 aromatic heterocycles. The quantitative estimate of drug-likeness (QED) is 0.608. The molecular weight excluding hydrogens is 475 g/mol. The molecule has 0 unspecified atom stereocenters. The van der Waals surface area contributed by atoms with E-state index in [-0.39, 0.29) is 81.2 Å². The summed E-state index contributed by atoms with van der Waals surface area (Å²) >= 11 is 5.89. The van der Waals surface area contributed by atoms with E-state index in [4.69, 9.17) is 16.3 Å². The minimum absolute atomic E-state index is 0.